The lowest BCUT2D eigenvalue weighted by Crippen LogP contribution is -2.10. The molecule has 0 atom stereocenters. The van der Waals surface area contributed by atoms with Gasteiger partial charge in [-0.25, -0.2) is 0 Å². The first-order chi connectivity index (χ1) is 14.7. The fourth-order valence-electron chi connectivity index (χ4n) is 3.51. The second-order valence-electron chi connectivity index (χ2n) is 6.90. The highest BCUT2D eigenvalue weighted by atomic mass is 35.5. The minimum Gasteiger partial charge on any atom is -0.283 e. The van der Waals surface area contributed by atoms with Gasteiger partial charge in [-0.3, -0.25) is 14.4 Å². The average Bonchev–Trinajstić information content (AvgIpc) is 3.35. The van der Waals surface area contributed by atoms with E-state index >= 15 is 0 Å². The third-order valence-corrected chi connectivity index (χ3v) is 7.61. The van der Waals surface area contributed by atoms with Gasteiger partial charge in [0.15, 0.2) is 3.98 Å². The van der Waals surface area contributed by atoms with E-state index < -0.39 is 0 Å². The number of para-hydroxylation sites is 1. The highest BCUT2D eigenvalue weighted by Crippen LogP contribution is 2.24. The summed E-state index contributed by atoms with van der Waals surface area (Å²) in [6.07, 6.45) is 2.73. The molecule has 0 aliphatic rings. The molecule has 5 aromatic rings. The number of hydrogen-bond acceptors (Lipinski definition) is 4. The number of rotatable bonds is 4. The van der Waals surface area contributed by atoms with Gasteiger partial charge in [-0.15, -0.1) is 22.7 Å². The van der Waals surface area contributed by atoms with Gasteiger partial charge in [0.05, 0.1) is 5.52 Å². The number of fused-ring (bicyclic) bond motifs is 2. The molecule has 3 aromatic carbocycles. The minimum absolute atomic E-state index is 0.0576. The van der Waals surface area contributed by atoms with E-state index in [0.717, 1.165) is 26.9 Å². The fourth-order valence-corrected chi connectivity index (χ4v) is 5.91. The van der Waals surface area contributed by atoms with Crippen LogP contribution in [0.15, 0.2) is 84.0 Å². The summed E-state index contributed by atoms with van der Waals surface area (Å²) in [4.78, 5) is 17.9. The Bertz CT molecular complexity index is 1390. The van der Waals surface area contributed by atoms with Gasteiger partial charge in [0.1, 0.15) is 0 Å². The molecule has 0 spiro atoms. The Morgan fingerprint density at radius 2 is 1.57 bits per heavy atom. The van der Waals surface area contributed by atoms with Gasteiger partial charge in [-0.1, -0.05) is 41.9 Å². The van der Waals surface area contributed by atoms with Crippen LogP contribution < -0.4 is 3.98 Å². The zero-order valence-corrected chi connectivity index (χ0v) is 18.3. The van der Waals surface area contributed by atoms with Crippen molar-refractivity contribution in [2.45, 2.75) is 6.42 Å². The Labute approximate surface area is 186 Å². The van der Waals surface area contributed by atoms with Crippen molar-refractivity contribution < 1.29 is 4.79 Å². The molecule has 0 saturated heterocycles. The Hall–Kier alpha value is -2.73. The van der Waals surface area contributed by atoms with Gasteiger partial charge in [0, 0.05) is 38.1 Å². The van der Waals surface area contributed by atoms with Crippen molar-refractivity contribution in [3.8, 4) is 0 Å². The first-order valence-electron chi connectivity index (χ1n) is 9.57. The van der Waals surface area contributed by atoms with E-state index in [0.29, 0.717) is 17.1 Å². The van der Waals surface area contributed by atoms with Crippen LogP contribution in [0.25, 0.3) is 20.3 Å². The largest absolute Gasteiger partial charge is 0.283 e. The van der Waals surface area contributed by atoms with Crippen molar-refractivity contribution in [2.24, 2.45) is 4.99 Å². The second kappa shape index (κ2) is 8.19. The maximum Gasteiger partial charge on any atom is 0.262 e. The second-order valence-corrected chi connectivity index (χ2v) is 9.66. The van der Waals surface area contributed by atoms with Gasteiger partial charge < -0.3 is 0 Å². The quantitative estimate of drug-likeness (QED) is 0.313. The van der Waals surface area contributed by atoms with E-state index in [4.69, 9.17) is 16.6 Å². The van der Waals surface area contributed by atoms with E-state index in [2.05, 4.69) is 30.3 Å². The molecule has 0 bridgehead atoms. The van der Waals surface area contributed by atoms with Crippen LogP contribution >= 0.6 is 34.3 Å². The lowest BCUT2D eigenvalue weighted by molar-refractivity contribution is 0.0965. The highest BCUT2D eigenvalue weighted by molar-refractivity contribution is 7.35. The molecule has 0 radical (unpaired) electrons. The Morgan fingerprint density at radius 3 is 2.30 bits per heavy atom. The number of carbonyl (C=O) groups is 1. The average molecular weight is 449 g/mol. The number of hydrogen-bond donors (Lipinski definition) is 0. The predicted octanol–water partition coefficient (Wildman–Crippen LogP) is 6.40. The molecule has 0 aliphatic carbocycles. The van der Waals surface area contributed by atoms with Crippen molar-refractivity contribution in [2.75, 3.05) is 6.54 Å². The summed E-state index contributed by atoms with van der Waals surface area (Å²) in [7, 11) is 0. The SMILES string of the molecule is O=C(c1ccc(Cl)cc1)n1cc(CCN=c2sc3ccccc3s2)c2ccccc21. The topological polar surface area (TPSA) is 34.4 Å². The summed E-state index contributed by atoms with van der Waals surface area (Å²) in [6.45, 7) is 0.687. The molecular formula is C24H17ClN2OS2. The molecule has 0 unspecified atom stereocenters. The summed E-state index contributed by atoms with van der Waals surface area (Å²) < 4.78 is 5.35. The number of benzene rings is 3. The Morgan fingerprint density at radius 1 is 0.900 bits per heavy atom. The standard InChI is InChI=1S/C24H17ClN2OS2/c25-18-11-9-16(10-12-18)23(28)27-15-17(19-5-1-2-6-20(19)27)13-14-26-24-29-21-7-3-4-8-22(21)30-24/h1-12,15H,13-14H2. The van der Waals surface area contributed by atoms with E-state index in [9.17, 15) is 4.79 Å². The Balaban J connectivity index is 1.45. The van der Waals surface area contributed by atoms with Crippen molar-refractivity contribution in [1.82, 2.24) is 4.57 Å². The molecule has 5 rings (SSSR count). The summed E-state index contributed by atoms with van der Waals surface area (Å²) in [5.74, 6) is -0.0576. The molecule has 2 aromatic heterocycles. The molecule has 0 fully saturated rings. The zero-order valence-electron chi connectivity index (χ0n) is 15.9. The predicted molar refractivity (Wildman–Crippen MR) is 127 cm³/mol. The van der Waals surface area contributed by atoms with E-state index in [1.165, 1.54) is 9.40 Å². The van der Waals surface area contributed by atoms with Crippen LogP contribution in [0.1, 0.15) is 15.9 Å². The monoisotopic (exact) mass is 448 g/mol. The van der Waals surface area contributed by atoms with Gasteiger partial charge in [-0.05, 0) is 54.4 Å². The molecule has 2 heterocycles. The van der Waals surface area contributed by atoms with Crippen LogP contribution in [0.5, 0.6) is 0 Å². The zero-order chi connectivity index (χ0) is 20.5. The smallest absolute Gasteiger partial charge is 0.262 e. The van der Waals surface area contributed by atoms with Crippen molar-refractivity contribution in [1.29, 1.82) is 0 Å². The molecule has 148 valence electrons. The summed E-state index contributed by atoms with van der Waals surface area (Å²) in [6, 6.07) is 23.4. The third kappa shape index (κ3) is 3.72. The number of halogens is 1. The van der Waals surface area contributed by atoms with Crippen LogP contribution in [0, 0.1) is 0 Å². The lowest BCUT2D eigenvalue weighted by Gasteiger charge is -2.04. The lowest BCUT2D eigenvalue weighted by atomic mass is 10.1. The van der Waals surface area contributed by atoms with Gasteiger partial charge in [0.25, 0.3) is 5.91 Å². The summed E-state index contributed by atoms with van der Waals surface area (Å²) in [5.41, 5.74) is 2.66. The van der Waals surface area contributed by atoms with Crippen molar-refractivity contribution >= 4 is 60.5 Å². The first-order valence-corrected chi connectivity index (χ1v) is 11.6. The summed E-state index contributed by atoms with van der Waals surface area (Å²) >= 11 is 9.42. The van der Waals surface area contributed by atoms with Gasteiger partial charge in [-0.2, -0.15) is 0 Å². The normalized spacial score (nSPS) is 11.2. The van der Waals surface area contributed by atoms with Crippen LogP contribution in [0.4, 0.5) is 0 Å². The van der Waals surface area contributed by atoms with E-state index in [-0.39, 0.29) is 5.91 Å². The number of carbonyl (C=O) groups excluding carboxylic acids is 1. The summed E-state index contributed by atoms with van der Waals surface area (Å²) in [5, 5.41) is 1.71. The fraction of sp³-hybridized carbons (Fsp3) is 0.0833. The molecule has 0 aliphatic heterocycles. The molecule has 0 saturated carbocycles. The van der Waals surface area contributed by atoms with Crippen molar-refractivity contribution in [3.05, 3.63) is 99.1 Å². The molecule has 30 heavy (non-hydrogen) atoms. The van der Waals surface area contributed by atoms with E-state index in [1.54, 1.807) is 51.5 Å². The molecule has 0 N–H and O–H groups in total. The molecule has 0 amide bonds. The van der Waals surface area contributed by atoms with Crippen LogP contribution in [-0.4, -0.2) is 17.0 Å². The molecule has 3 nitrogen and oxygen atoms in total. The number of nitrogens with zero attached hydrogens (tertiary/aromatic N) is 2. The maximum absolute atomic E-state index is 13.1. The van der Waals surface area contributed by atoms with E-state index in [1.807, 2.05) is 24.4 Å². The molecule has 6 heteroatoms. The minimum atomic E-state index is -0.0576. The third-order valence-electron chi connectivity index (χ3n) is 4.97. The molecular weight excluding hydrogens is 432 g/mol. The van der Waals surface area contributed by atoms with Gasteiger partial charge >= 0.3 is 0 Å². The Kier molecular flexibility index (Phi) is 5.25. The van der Waals surface area contributed by atoms with Crippen LogP contribution in [-0.2, 0) is 6.42 Å². The first kappa shape index (κ1) is 19.2. The van der Waals surface area contributed by atoms with Crippen LogP contribution in [0.3, 0.4) is 0 Å². The highest BCUT2D eigenvalue weighted by Gasteiger charge is 2.15. The number of aromatic nitrogens is 1. The van der Waals surface area contributed by atoms with Crippen LogP contribution in [0.2, 0.25) is 5.02 Å². The maximum atomic E-state index is 13.1. The van der Waals surface area contributed by atoms with Gasteiger partial charge in [0.2, 0.25) is 0 Å². The van der Waals surface area contributed by atoms with Crippen molar-refractivity contribution in [3.63, 3.8) is 0 Å².